The summed E-state index contributed by atoms with van der Waals surface area (Å²) in [6, 6.07) is 15.4. The summed E-state index contributed by atoms with van der Waals surface area (Å²) in [7, 11) is 0.716. The van der Waals surface area contributed by atoms with Crippen LogP contribution >= 0.6 is 0 Å². The summed E-state index contributed by atoms with van der Waals surface area (Å²) in [5.41, 5.74) is 0.780. The predicted molar refractivity (Wildman–Crippen MR) is 156 cm³/mol. The Morgan fingerprint density at radius 2 is 1.81 bits per heavy atom. The molecule has 4 aliphatic rings. The lowest BCUT2D eigenvalue weighted by molar-refractivity contribution is -0.199. The summed E-state index contributed by atoms with van der Waals surface area (Å²) in [5.74, 6) is -1.08. The summed E-state index contributed by atoms with van der Waals surface area (Å²) < 4.78 is 29.1. The molecule has 3 saturated carbocycles. The van der Waals surface area contributed by atoms with Gasteiger partial charge in [-0.25, -0.2) is 9.59 Å². The minimum Gasteiger partial charge on any atom is -0.496 e. The second-order valence-electron chi connectivity index (χ2n) is 12.2. The van der Waals surface area contributed by atoms with Gasteiger partial charge in [0.2, 0.25) is 12.7 Å². The Morgan fingerprint density at radius 1 is 1.07 bits per heavy atom. The topological polar surface area (TPSA) is 133 Å². The quantitative estimate of drug-likeness (QED) is 0.232. The van der Waals surface area contributed by atoms with Crippen LogP contribution in [0.15, 0.2) is 48.5 Å². The third kappa shape index (κ3) is 5.99. The maximum atomic E-state index is 13.0. The van der Waals surface area contributed by atoms with E-state index in [-0.39, 0.29) is 48.0 Å². The van der Waals surface area contributed by atoms with E-state index >= 15 is 0 Å². The van der Waals surface area contributed by atoms with Gasteiger partial charge in [0.1, 0.15) is 11.3 Å². The van der Waals surface area contributed by atoms with Crippen LogP contribution in [0.2, 0.25) is 0 Å². The summed E-state index contributed by atoms with van der Waals surface area (Å²) >= 11 is 0. The molecule has 1 heterocycles. The number of ether oxygens (including phenoxy) is 3. The van der Waals surface area contributed by atoms with Crippen LogP contribution in [0.3, 0.4) is 0 Å². The fraction of sp³-hybridized carbons (Fsp3) is 0.500. The number of hydrogen-bond donors (Lipinski definition) is 1. The highest BCUT2D eigenvalue weighted by molar-refractivity contribution is 6.48. The molecule has 5 atom stereocenters. The van der Waals surface area contributed by atoms with Crippen molar-refractivity contribution in [2.75, 3.05) is 13.9 Å². The van der Waals surface area contributed by atoms with E-state index in [0.717, 1.165) is 12.8 Å². The molecular formula is C32H37BN2O8. The molecule has 5 unspecified atom stereocenters. The van der Waals surface area contributed by atoms with Crippen LogP contribution in [-0.2, 0) is 30.0 Å². The molecule has 2 aromatic carbocycles. The lowest BCUT2D eigenvalue weighted by atomic mass is 9.43. The fourth-order valence-corrected chi connectivity index (χ4v) is 6.99. The Hall–Kier alpha value is -3.88. The van der Waals surface area contributed by atoms with Crippen molar-refractivity contribution >= 4 is 25.0 Å². The van der Waals surface area contributed by atoms with E-state index in [1.807, 2.05) is 6.07 Å². The molecule has 4 fully saturated rings. The Bertz CT molecular complexity index is 1410. The van der Waals surface area contributed by atoms with Gasteiger partial charge < -0.3 is 28.8 Å². The van der Waals surface area contributed by atoms with E-state index in [1.165, 1.54) is 7.11 Å². The molecule has 3 aliphatic carbocycles. The van der Waals surface area contributed by atoms with Gasteiger partial charge in [-0.05, 0) is 67.2 Å². The molecule has 6 rings (SSSR count). The Balaban J connectivity index is 1.31. The van der Waals surface area contributed by atoms with Gasteiger partial charge in [0.05, 0.1) is 36.4 Å². The van der Waals surface area contributed by atoms with E-state index in [4.69, 9.17) is 28.8 Å². The minimum atomic E-state index is -0.733. The zero-order chi connectivity index (χ0) is 30.8. The van der Waals surface area contributed by atoms with Crippen molar-refractivity contribution in [1.29, 1.82) is 5.26 Å². The number of nitriles is 1. The van der Waals surface area contributed by atoms with Crippen LogP contribution < -0.4 is 10.1 Å². The first-order valence-electron chi connectivity index (χ1n) is 14.6. The average Bonchev–Trinajstić information content (AvgIpc) is 3.37. The number of amides is 1. The molecule has 0 radical (unpaired) electrons. The van der Waals surface area contributed by atoms with Gasteiger partial charge in [-0.15, -0.1) is 0 Å². The van der Waals surface area contributed by atoms with Crippen molar-refractivity contribution in [1.82, 2.24) is 5.32 Å². The van der Waals surface area contributed by atoms with Gasteiger partial charge in [-0.2, -0.15) is 5.26 Å². The molecule has 11 heteroatoms. The predicted octanol–water partition coefficient (Wildman–Crippen LogP) is 4.27. The molecule has 43 heavy (non-hydrogen) atoms. The first-order valence-corrected chi connectivity index (χ1v) is 14.6. The fourth-order valence-electron chi connectivity index (χ4n) is 6.99. The molecule has 226 valence electrons. The minimum absolute atomic E-state index is 0.0450. The third-order valence-electron chi connectivity index (χ3n) is 9.46. The van der Waals surface area contributed by atoms with E-state index in [1.54, 1.807) is 48.5 Å². The molecule has 1 saturated heterocycles. The lowest BCUT2D eigenvalue weighted by Gasteiger charge is -2.64. The van der Waals surface area contributed by atoms with Gasteiger partial charge in [-0.1, -0.05) is 44.2 Å². The first kappa shape index (κ1) is 30.6. The number of para-hydroxylation sites is 1. The highest BCUT2D eigenvalue weighted by Gasteiger charge is 2.68. The van der Waals surface area contributed by atoms with E-state index < -0.39 is 37.4 Å². The number of carbonyl (C=O) groups excluding carboxylic acids is 3. The Labute approximate surface area is 252 Å². The molecule has 1 amide bonds. The number of carbonyl (C=O) groups is 3. The molecule has 2 bridgehead atoms. The largest absolute Gasteiger partial charge is 0.496 e. The summed E-state index contributed by atoms with van der Waals surface area (Å²) in [6.45, 7) is 6.10. The van der Waals surface area contributed by atoms with Crippen molar-refractivity contribution in [3.05, 3.63) is 65.2 Å². The van der Waals surface area contributed by atoms with E-state index in [9.17, 15) is 14.4 Å². The van der Waals surface area contributed by atoms with Gasteiger partial charge in [0, 0.05) is 12.8 Å². The first-order chi connectivity index (χ1) is 20.6. The normalized spacial score (nSPS) is 25.4. The van der Waals surface area contributed by atoms with Gasteiger partial charge >= 0.3 is 19.1 Å². The van der Waals surface area contributed by atoms with E-state index in [0.29, 0.717) is 23.0 Å². The monoisotopic (exact) mass is 588 g/mol. The molecule has 0 spiro atoms. The molecule has 2 aromatic rings. The molecule has 10 nitrogen and oxygen atoms in total. The van der Waals surface area contributed by atoms with Crippen LogP contribution in [0, 0.1) is 28.6 Å². The van der Waals surface area contributed by atoms with Crippen molar-refractivity contribution in [3.8, 4) is 11.8 Å². The highest BCUT2D eigenvalue weighted by atomic mass is 16.7. The number of methoxy groups -OCH3 is 1. The van der Waals surface area contributed by atoms with Crippen LogP contribution in [0.1, 0.15) is 72.7 Å². The lowest BCUT2D eigenvalue weighted by Crippen LogP contribution is -2.65. The molecule has 1 aliphatic heterocycles. The van der Waals surface area contributed by atoms with Crippen molar-refractivity contribution in [2.24, 2.45) is 17.3 Å². The number of nitrogens with one attached hydrogen (secondary N) is 1. The zero-order valence-electron chi connectivity index (χ0n) is 25.0. The standard InChI is InChI=1S/C32H37BN2O8/c1-31(2)22-17-24(31)32(3)25(18-22)42-33(43-32)26(35-27(36)14-9-15-34)16-21-12-8-13-23(28(21)39-4)30(38)41-19-40-29(37)20-10-6-5-7-11-20/h5-8,10-13,22,24-26H,9,14,16-19H2,1-4H3,(H,35,36). The maximum absolute atomic E-state index is 13.0. The summed E-state index contributed by atoms with van der Waals surface area (Å²) in [6.07, 6.45) is 2.26. The zero-order valence-corrected chi connectivity index (χ0v) is 25.0. The number of esters is 2. The SMILES string of the molecule is COc1c(CC(NC(=O)CCC#N)B2OC3CC4CC(C4(C)C)C3(C)O2)cccc1C(=O)OCOC(=O)c1ccccc1. The Morgan fingerprint density at radius 3 is 2.51 bits per heavy atom. The second-order valence-corrected chi connectivity index (χ2v) is 12.2. The van der Waals surface area contributed by atoms with Crippen LogP contribution in [0.4, 0.5) is 0 Å². The van der Waals surface area contributed by atoms with Gasteiger partial charge in [-0.3, -0.25) is 4.79 Å². The summed E-state index contributed by atoms with van der Waals surface area (Å²) in [4.78, 5) is 38.0. The third-order valence-corrected chi connectivity index (χ3v) is 9.46. The second kappa shape index (κ2) is 12.4. The average molecular weight is 588 g/mol. The van der Waals surface area contributed by atoms with Gasteiger partial charge in [0.25, 0.3) is 0 Å². The number of benzene rings is 2. The number of hydrogen-bond acceptors (Lipinski definition) is 9. The van der Waals surface area contributed by atoms with Crippen molar-refractivity contribution in [2.45, 2.75) is 70.5 Å². The Kier molecular flexibility index (Phi) is 8.81. The number of nitrogens with zero attached hydrogens (tertiary/aromatic N) is 1. The molecule has 0 aromatic heterocycles. The van der Waals surface area contributed by atoms with Crippen LogP contribution in [0.5, 0.6) is 5.75 Å². The van der Waals surface area contributed by atoms with Crippen molar-refractivity contribution in [3.63, 3.8) is 0 Å². The smallest absolute Gasteiger partial charge is 0.482 e. The van der Waals surface area contributed by atoms with Gasteiger partial charge in [0.15, 0.2) is 0 Å². The molecule has 1 N–H and O–H groups in total. The van der Waals surface area contributed by atoms with Crippen LogP contribution in [0.25, 0.3) is 0 Å². The van der Waals surface area contributed by atoms with Crippen LogP contribution in [-0.4, -0.2) is 56.5 Å². The maximum Gasteiger partial charge on any atom is 0.482 e. The number of rotatable bonds is 11. The van der Waals surface area contributed by atoms with Crippen molar-refractivity contribution < 1.29 is 37.9 Å². The van der Waals surface area contributed by atoms with E-state index in [2.05, 4.69) is 26.1 Å². The summed E-state index contributed by atoms with van der Waals surface area (Å²) in [5, 5.41) is 12.0. The highest BCUT2D eigenvalue weighted by Crippen LogP contribution is 2.65. The molecular weight excluding hydrogens is 551 g/mol.